The van der Waals surface area contributed by atoms with Gasteiger partial charge in [-0.25, -0.2) is 0 Å². The summed E-state index contributed by atoms with van der Waals surface area (Å²) in [5, 5.41) is 13.9. The second kappa shape index (κ2) is 10.1. The molecule has 33 heavy (non-hydrogen) atoms. The number of rotatable bonds is 7. The molecule has 2 aromatic carbocycles. The first-order chi connectivity index (χ1) is 15.6. The van der Waals surface area contributed by atoms with E-state index in [9.17, 15) is 14.7 Å². The molecule has 6 heteroatoms. The van der Waals surface area contributed by atoms with E-state index in [0.29, 0.717) is 23.7 Å². The number of quaternary nitrogens is 1. The maximum Gasteiger partial charge on any atom is 0.295 e. The third-order valence-corrected chi connectivity index (χ3v) is 6.69. The minimum absolute atomic E-state index is 0.0142. The number of nitrogens with one attached hydrogen (secondary N) is 1. The Labute approximate surface area is 201 Å². The molecule has 0 bridgehead atoms. The molecule has 1 atom stereocenters. The summed E-state index contributed by atoms with van der Waals surface area (Å²) < 4.78 is 0. The summed E-state index contributed by atoms with van der Waals surface area (Å²) in [6.45, 7) is 13.6. The van der Waals surface area contributed by atoms with E-state index in [1.54, 1.807) is 29.2 Å². The number of amides is 1. The number of ketones is 1. The number of carbonyl (C=O) groups is 2. The molecule has 1 unspecified atom stereocenters. The van der Waals surface area contributed by atoms with Crippen molar-refractivity contribution in [3.8, 4) is 0 Å². The maximum absolute atomic E-state index is 13.4. The zero-order chi connectivity index (χ0) is 24.3. The molecule has 1 N–H and O–H groups in total. The van der Waals surface area contributed by atoms with Crippen molar-refractivity contribution in [2.75, 3.05) is 26.2 Å². The van der Waals surface area contributed by atoms with Gasteiger partial charge in [-0.05, 0) is 48.1 Å². The molecule has 1 saturated heterocycles. The topological polar surface area (TPSA) is 64.9 Å². The zero-order valence-corrected chi connectivity index (χ0v) is 20.8. The van der Waals surface area contributed by atoms with Gasteiger partial charge in [0, 0.05) is 10.6 Å². The number of hydrogen-bond acceptors (Lipinski definition) is 3. The summed E-state index contributed by atoms with van der Waals surface area (Å²) in [4.78, 5) is 29.1. The van der Waals surface area contributed by atoms with E-state index in [4.69, 9.17) is 11.6 Å². The molecular weight excluding hydrogens is 436 g/mol. The molecule has 0 saturated carbocycles. The molecule has 1 heterocycles. The van der Waals surface area contributed by atoms with Crippen molar-refractivity contribution < 1.29 is 19.6 Å². The molecule has 0 aromatic heterocycles. The van der Waals surface area contributed by atoms with Gasteiger partial charge in [0.2, 0.25) is 5.78 Å². The van der Waals surface area contributed by atoms with Crippen molar-refractivity contribution in [2.24, 2.45) is 0 Å². The molecule has 176 valence electrons. The maximum atomic E-state index is 13.4. The van der Waals surface area contributed by atoms with Crippen LogP contribution in [-0.4, -0.2) is 42.8 Å². The summed E-state index contributed by atoms with van der Waals surface area (Å²) in [6, 6.07) is 13.6. The van der Waals surface area contributed by atoms with Crippen molar-refractivity contribution in [1.29, 1.82) is 0 Å². The number of Topliss-reactive ketones (excluding diaryl/α,β-unsaturated/α-hetero) is 1. The standard InChI is InChI=1S/C27H33ClN2O3/c1-6-29(7-2)16-17-30-23(18-8-12-20(13-9-18)27(3,4)5)22(25(32)26(30)33)24(31)19-10-14-21(28)15-11-19/h8-15,23,31H,6-7,16-17H2,1-5H3. The Morgan fingerprint density at radius 3 is 2.09 bits per heavy atom. The molecule has 0 spiro atoms. The van der Waals surface area contributed by atoms with Crippen molar-refractivity contribution >= 4 is 29.1 Å². The highest BCUT2D eigenvalue weighted by molar-refractivity contribution is 6.46. The molecule has 1 fully saturated rings. The van der Waals surface area contributed by atoms with Crippen LogP contribution in [0.5, 0.6) is 0 Å². The highest BCUT2D eigenvalue weighted by Crippen LogP contribution is 2.39. The van der Waals surface area contributed by atoms with Crippen LogP contribution in [0.3, 0.4) is 0 Å². The Balaban J connectivity index is 2.10. The smallest absolute Gasteiger partial charge is 0.295 e. The Hall–Kier alpha value is -2.63. The lowest BCUT2D eigenvalue weighted by Crippen LogP contribution is -3.12. The summed E-state index contributed by atoms with van der Waals surface area (Å²) in [6.07, 6.45) is 0. The quantitative estimate of drug-likeness (QED) is 0.386. The molecular formula is C27H33ClN2O3. The third kappa shape index (κ3) is 5.31. The Bertz CT molecular complexity index is 1030. The van der Waals surface area contributed by atoms with Crippen LogP contribution < -0.4 is 10.0 Å². The number of hydrogen-bond donors (Lipinski definition) is 1. The fourth-order valence-corrected chi connectivity index (χ4v) is 4.38. The van der Waals surface area contributed by atoms with Crippen molar-refractivity contribution in [3.63, 3.8) is 0 Å². The van der Waals surface area contributed by atoms with Gasteiger partial charge in [0.25, 0.3) is 5.91 Å². The second-order valence-electron chi connectivity index (χ2n) is 9.56. The lowest BCUT2D eigenvalue weighted by molar-refractivity contribution is -0.895. The molecule has 0 radical (unpaired) electrons. The van der Waals surface area contributed by atoms with E-state index in [-0.39, 0.29) is 11.0 Å². The zero-order valence-electron chi connectivity index (χ0n) is 20.1. The van der Waals surface area contributed by atoms with Gasteiger partial charge < -0.3 is 14.9 Å². The molecule has 1 aliphatic rings. The predicted octanol–water partition coefficient (Wildman–Crippen LogP) is 2.79. The normalized spacial score (nSPS) is 18.4. The van der Waals surface area contributed by atoms with E-state index in [0.717, 1.165) is 24.2 Å². The highest BCUT2D eigenvalue weighted by Gasteiger charge is 2.44. The van der Waals surface area contributed by atoms with E-state index in [2.05, 4.69) is 34.6 Å². The molecule has 3 rings (SSSR count). The van der Waals surface area contributed by atoms with Gasteiger partial charge in [-0.2, -0.15) is 0 Å². The monoisotopic (exact) mass is 468 g/mol. The molecule has 2 aromatic rings. The first-order valence-electron chi connectivity index (χ1n) is 11.5. The number of carbonyl (C=O) groups excluding carboxylic acids is 2. The molecule has 1 aliphatic heterocycles. The summed E-state index contributed by atoms with van der Waals surface area (Å²) in [5.41, 5.74) is 2.25. The summed E-state index contributed by atoms with van der Waals surface area (Å²) in [5.74, 6) is -1.74. The van der Waals surface area contributed by atoms with Gasteiger partial charge in [0.15, 0.2) is 0 Å². The summed E-state index contributed by atoms with van der Waals surface area (Å²) in [7, 11) is 0. The first kappa shape index (κ1) is 25.0. The van der Waals surface area contributed by atoms with E-state index >= 15 is 0 Å². The Kier molecular flexibility index (Phi) is 7.65. The molecule has 5 nitrogen and oxygen atoms in total. The van der Waals surface area contributed by atoms with Crippen LogP contribution in [0.4, 0.5) is 0 Å². The van der Waals surface area contributed by atoms with Crippen LogP contribution in [-0.2, 0) is 15.0 Å². The van der Waals surface area contributed by atoms with E-state index in [1.165, 1.54) is 4.90 Å². The Morgan fingerprint density at radius 2 is 1.58 bits per heavy atom. The SMILES string of the molecule is CC[NH+](CC)CCN1C(=O)C(=O)C(=C([O-])c2ccc(Cl)cc2)C1c1ccc(C(C)(C)C)cc1. The average Bonchev–Trinajstić information content (AvgIpc) is 3.04. The van der Waals surface area contributed by atoms with Gasteiger partial charge in [-0.3, -0.25) is 9.59 Å². The average molecular weight is 469 g/mol. The minimum atomic E-state index is -0.714. The van der Waals surface area contributed by atoms with Crippen LogP contribution in [0.2, 0.25) is 5.02 Å². The number of likely N-dealkylation sites (tertiary alicyclic amines) is 1. The fourth-order valence-electron chi connectivity index (χ4n) is 4.25. The number of likely N-dealkylation sites (N-methyl/N-ethyl adjacent to an activating group) is 1. The predicted molar refractivity (Wildman–Crippen MR) is 130 cm³/mol. The lowest BCUT2D eigenvalue weighted by atomic mass is 9.85. The third-order valence-electron chi connectivity index (χ3n) is 6.43. The first-order valence-corrected chi connectivity index (χ1v) is 11.9. The van der Waals surface area contributed by atoms with Crippen molar-refractivity contribution in [3.05, 3.63) is 75.8 Å². The minimum Gasteiger partial charge on any atom is -0.872 e. The highest BCUT2D eigenvalue weighted by atomic mass is 35.5. The van der Waals surface area contributed by atoms with Gasteiger partial charge in [0.1, 0.15) is 0 Å². The van der Waals surface area contributed by atoms with Crippen LogP contribution in [0.1, 0.15) is 57.4 Å². The van der Waals surface area contributed by atoms with E-state index in [1.807, 2.05) is 24.3 Å². The fraction of sp³-hybridized carbons (Fsp3) is 0.407. The van der Waals surface area contributed by atoms with Crippen LogP contribution in [0, 0.1) is 0 Å². The summed E-state index contributed by atoms with van der Waals surface area (Å²) >= 11 is 5.98. The Morgan fingerprint density at radius 1 is 1.00 bits per heavy atom. The lowest BCUT2D eigenvalue weighted by Gasteiger charge is -2.29. The number of benzene rings is 2. The van der Waals surface area contributed by atoms with Gasteiger partial charge in [-0.1, -0.05) is 74.5 Å². The van der Waals surface area contributed by atoms with Gasteiger partial charge in [0.05, 0.1) is 32.2 Å². The number of nitrogens with zero attached hydrogens (tertiary/aromatic N) is 1. The number of halogens is 1. The van der Waals surface area contributed by atoms with Crippen molar-refractivity contribution in [1.82, 2.24) is 4.90 Å². The van der Waals surface area contributed by atoms with Gasteiger partial charge in [-0.15, -0.1) is 0 Å². The van der Waals surface area contributed by atoms with Crippen molar-refractivity contribution in [2.45, 2.75) is 46.1 Å². The largest absolute Gasteiger partial charge is 0.872 e. The van der Waals surface area contributed by atoms with Crippen LogP contribution in [0.25, 0.3) is 5.76 Å². The molecule has 1 amide bonds. The van der Waals surface area contributed by atoms with Crippen LogP contribution >= 0.6 is 11.6 Å². The van der Waals surface area contributed by atoms with Gasteiger partial charge >= 0.3 is 0 Å². The second-order valence-corrected chi connectivity index (χ2v) is 10.00. The van der Waals surface area contributed by atoms with Crippen LogP contribution in [0.15, 0.2) is 54.1 Å². The van der Waals surface area contributed by atoms with E-state index < -0.39 is 23.5 Å². The molecule has 0 aliphatic carbocycles.